The lowest BCUT2D eigenvalue weighted by molar-refractivity contribution is -0.137. The van der Waals surface area contributed by atoms with Gasteiger partial charge in [-0.05, 0) is 13.3 Å². The highest BCUT2D eigenvalue weighted by Gasteiger charge is 2.30. The Morgan fingerprint density at radius 1 is 1.50 bits per heavy atom. The highest BCUT2D eigenvalue weighted by molar-refractivity contribution is 7.86. The second-order valence-corrected chi connectivity index (χ2v) is 5.95. The second kappa shape index (κ2) is 7.31. The molecule has 0 amide bonds. The summed E-state index contributed by atoms with van der Waals surface area (Å²) < 4.78 is 26.2. The first kappa shape index (κ1) is 16.8. The lowest BCUT2D eigenvalue weighted by Crippen LogP contribution is -2.47. The minimum Gasteiger partial charge on any atom is -0.480 e. The molecule has 0 aliphatic rings. The van der Waals surface area contributed by atoms with Crippen LogP contribution in [0.25, 0.3) is 0 Å². The topological polar surface area (TPSA) is 102 Å². The van der Waals surface area contributed by atoms with Crippen molar-refractivity contribution >= 4 is 16.2 Å². The summed E-state index contributed by atoms with van der Waals surface area (Å²) in [4.78, 5) is 10.7. The Morgan fingerprint density at radius 2 is 2.06 bits per heavy atom. The van der Waals surface area contributed by atoms with Crippen LogP contribution in [-0.2, 0) is 15.0 Å². The van der Waals surface area contributed by atoms with E-state index in [-0.39, 0.29) is 13.0 Å². The van der Waals surface area contributed by atoms with Crippen LogP contribution in [0.2, 0.25) is 0 Å². The molecule has 0 spiro atoms. The minimum atomic E-state index is -3.84. The van der Waals surface area contributed by atoms with Gasteiger partial charge in [-0.2, -0.15) is 22.3 Å². The number of carboxylic acids is 1. The summed E-state index contributed by atoms with van der Waals surface area (Å²) in [6, 6.07) is 1.40. The lowest BCUT2D eigenvalue weighted by atomic mass is 10.3. The summed E-state index contributed by atoms with van der Waals surface area (Å²) >= 11 is 0. The van der Waals surface area contributed by atoms with Crippen molar-refractivity contribution in [2.75, 3.05) is 20.1 Å². The highest BCUT2D eigenvalue weighted by atomic mass is 32.2. The van der Waals surface area contributed by atoms with E-state index in [9.17, 15) is 13.2 Å². The van der Waals surface area contributed by atoms with Gasteiger partial charge in [-0.3, -0.25) is 4.79 Å². The Bertz CT molecular complexity index is 415. The number of hydrogen-bond acceptors (Lipinski definition) is 4. The Kier molecular flexibility index (Phi) is 6.83. The first-order valence-corrected chi connectivity index (χ1v) is 6.98. The molecule has 0 bridgehead atoms. The van der Waals surface area contributed by atoms with Gasteiger partial charge in [0.1, 0.15) is 6.54 Å². The summed E-state index contributed by atoms with van der Waals surface area (Å²) in [7, 11) is -2.50. The zero-order valence-electron chi connectivity index (χ0n) is 10.8. The van der Waals surface area contributed by atoms with Gasteiger partial charge in [-0.25, -0.2) is 0 Å². The molecule has 0 aromatic carbocycles. The predicted molar refractivity (Wildman–Crippen MR) is 65.9 cm³/mol. The van der Waals surface area contributed by atoms with E-state index in [4.69, 9.17) is 10.4 Å². The van der Waals surface area contributed by atoms with Crippen LogP contribution in [0.5, 0.6) is 0 Å². The average molecular weight is 277 g/mol. The third-order valence-corrected chi connectivity index (χ3v) is 4.53. The standard InChI is InChI=1S/C10H19N3O4S/c1-4-7-13(8-10(14)15)18(16,17)12(3)9(2)5-6-11/h9H,4-5,7-8H2,1-3H3,(H,14,15). The van der Waals surface area contributed by atoms with Crippen molar-refractivity contribution in [1.29, 1.82) is 5.26 Å². The molecular weight excluding hydrogens is 258 g/mol. The summed E-state index contributed by atoms with van der Waals surface area (Å²) in [5.74, 6) is -1.20. The van der Waals surface area contributed by atoms with Crippen molar-refractivity contribution in [3.63, 3.8) is 0 Å². The third-order valence-electron chi connectivity index (χ3n) is 2.48. The van der Waals surface area contributed by atoms with Gasteiger partial charge in [0.05, 0.1) is 12.5 Å². The largest absolute Gasteiger partial charge is 0.480 e. The normalized spacial score (nSPS) is 13.6. The van der Waals surface area contributed by atoms with E-state index in [1.165, 1.54) is 7.05 Å². The van der Waals surface area contributed by atoms with Crippen molar-refractivity contribution in [3.8, 4) is 6.07 Å². The second-order valence-electron chi connectivity index (χ2n) is 3.96. The molecule has 1 unspecified atom stereocenters. The molecule has 7 nitrogen and oxygen atoms in total. The molecule has 0 rings (SSSR count). The molecule has 1 atom stereocenters. The van der Waals surface area contributed by atoms with Crippen molar-refractivity contribution in [2.45, 2.75) is 32.7 Å². The van der Waals surface area contributed by atoms with Crippen LogP contribution in [0.15, 0.2) is 0 Å². The molecular formula is C10H19N3O4S. The summed E-state index contributed by atoms with van der Waals surface area (Å²) in [6.45, 7) is 2.94. The summed E-state index contributed by atoms with van der Waals surface area (Å²) in [6.07, 6.45) is 0.579. The summed E-state index contributed by atoms with van der Waals surface area (Å²) in [5.41, 5.74) is 0. The molecule has 0 aromatic rings. The maximum Gasteiger partial charge on any atom is 0.318 e. The SMILES string of the molecule is CCCN(CC(=O)O)S(=O)(=O)N(C)C(C)CC#N. The quantitative estimate of drug-likeness (QED) is 0.685. The van der Waals surface area contributed by atoms with Crippen LogP contribution < -0.4 is 0 Å². The molecule has 0 aliphatic carbocycles. The Labute approximate surface area is 108 Å². The van der Waals surface area contributed by atoms with Gasteiger partial charge in [0.25, 0.3) is 10.2 Å². The van der Waals surface area contributed by atoms with Gasteiger partial charge in [-0.1, -0.05) is 6.92 Å². The average Bonchev–Trinajstić information content (AvgIpc) is 2.27. The van der Waals surface area contributed by atoms with Gasteiger partial charge in [0.2, 0.25) is 0 Å². The number of aliphatic carboxylic acids is 1. The van der Waals surface area contributed by atoms with E-state index in [0.717, 1.165) is 8.61 Å². The molecule has 8 heteroatoms. The molecule has 0 aromatic heterocycles. The molecule has 1 N–H and O–H groups in total. The van der Waals surface area contributed by atoms with E-state index in [2.05, 4.69) is 0 Å². The number of hydrogen-bond donors (Lipinski definition) is 1. The van der Waals surface area contributed by atoms with Crippen molar-refractivity contribution in [3.05, 3.63) is 0 Å². The van der Waals surface area contributed by atoms with Crippen molar-refractivity contribution in [1.82, 2.24) is 8.61 Å². The van der Waals surface area contributed by atoms with E-state index < -0.39 is 28.8 Å². The van der Waals surface area contributed by atoms with E-state index in [1.54, 1.807) is 13.8 Å². The fourth-order valence-corrected chi connectivity index (χ4v) is 2.93. The van der Waals surface area contributed by atoms with Gasteiger partial charge in [0.15, 0.2) is 0 Å². The fourth-order valence-electron chi connectivity index (χ4n) is 1.35. The van der Waals surface area contributed by atoms with Crippen LogP contribution in [-0.4, -0.2) is 54.3 Å². The minimum absolute atomic E-state index is 0.0583. The van der Waals surface area contributed by atoms with E-state index >= 15 is 0 Å². The predicted octanol–water partition coefficient (Wildman–Crippen LogP) is 0.262. The molecule has 0 radical (unpaired) electrons. The third kappa shape index (κ3) is 4.60. The molecule has 0 fully saturated rings. The number of rotatable bonds is 8. The van der Waals surface area contributed by atoms with Crippen molar-refractivity contribution < 1.29 is 18.3 Å². The number of nitrogens with zero attached hydrogens (tertiary/aromatic N) is 3. The number of carboxylic acid groups (broad SMARTS) is 1. The smallest absolute Gasteiger partial charge is 0.318 e. The fraction of sp³-hybridized carbons (Fsp3) is 0.800. The van der Waals surface area contributed by atoms with Gasteiger partial charge in [0, 0.05) is 19.6 Å². The van der Waals surface area contributed by atoms with Crippen LogP contribution in [0, 0.1) is 11.3 Å². The zero-order valence-corrected chi connectivity index (χ0v) is 11.6. The maximum atomic E-state index is 12.2. The molecule has 0 heterocycles. The number of nitriles is 1. The lowest BCUT2D eigenvalue weighted by Gasteiger charge is -2.29. The Hall–Kier alpha value is -1.17. The van der Waals surface area contributed by atoms with Crippen molar-refractivity contribution in [2.24, 2.45) is 0 Å². The Balaban J connectivity index is 5.05. The van der Waals surface area contributed by atoms with E-state index in [0.29, 0.717) is 6.42 Å². The van der Waals surface area contributed by atoms with E-state index in [1.807, 2.05) is 6.07 Å². The van der Waals surface area contributed by atoms with Gasteiger partial charge in [-0.15, -0.1) is 0 Å². The highest BCUT2D eigenvalue weighted by Crippen LogP contribution is 2.12. The number of carbonyl (C=O) groups is 1. The van der Waals surface area contributed by atoms with Crippen LogP contribution in [0.4, 0.5) is 0 Å². The maximum absolute atomic E-state index is 12.2. The molecule has 0 saturated heterocycles. The molecule has 104 valence electrons. The molecule has 0 aliphatic heterocycles. The first-order chi connectivity index (χ1) is 8.27. The van der Waals surface area contributed by atoms with Gasteiger partial charge < -0.3 is 5.11 Å². The monoisotopic (exact) mass is 277 g/mol. The van der Waals surface area contributed by atoms with Crippen LogP contribution in [0.3, 0.4) is 0 Å². The first-order valence-electron chi connectivity index (χ1n) is 5.59. The zero-order chi connectivity index (χ0) is 14.3. The molecule has 0 saturated carbocycles. The van der Waals surface area contributed by atoms with Gasteiger partial charge >= 0.3 is 5.97 Å². The summed E-state index contributed by atoms with van der Waals surface area (Å²) in [5, 5.41) is 17.3. The van der Waals surface area contributed by atoms with Crippen LogP contribution in [0.1, 0.15) is 26.7 Å². The molecule has 18 heavy (non-hydrogen) atoms. The Morgan fingerprint density at radius 3 is 2.44 bits per heavy atom. The van der Waals surface area contributed by atoms with Crippen LogP contribution >= 0.6 is 0 Å².